The molecule has 106 valence electrons. The van der Waals surface area contributed by atoms with E-state index in [1.54, 1.807) is 6.07 Å². The zero-order chi connectivity index (χ0) is 14.5. The quantitative estimate of drug-likeness (QED) is 0.819. The van der Waals surface area contributed by atoms with E-state index in [0.717, 1.165) is 12.0 Å². The number of aryl methyl sites for hydroxylation is 1. The maximum absolute atomic E-state index is 13.9. The number of hydrogen-bond acceptors (Lipinski definition) is 1. The number of halogens is 2. The third-order valence-corrected chi connectivity index (χ3v) is 4.16. The normalized spacial score (nSPS) is 12.4. The molecule has 0 spiro atoms. The second kappa shape index (κ2) is 7.00. The monoisotopic (exact) mass is 335 g/mol. The molecule has 0 amide bonds. The van der Waals surface area contributed by atoms with Crippen LogP contribution in [0.1, 0.15) is 42.5 Å². The van der Waals surface area contributed by atoms with Gasteiger partial charge < -0.3 is 5.73 Å². The molecule has 0 heterocycles. The highest BCUT2D eigenvalue weighted by molar-refractivity contribution is 9.10. The summed E-state index contributed by atoms with van der Waals surface area (Å²) in [6.45, 7) is 2.18. The summed E-state index contributed by atoms with van der Waals surface area (Å²) >= 11 is 3.37. The Balaban J connectivity index is 2.23. The predicted octanol–water partition coefficient (Wildman–Crippen LogP) is 4.98. The molecule has 20 heavy (non-hydrogen) atoms. The lowest BCUT2D eigenvalue weighted by Gasteiger charge is -2.15. The van der Waals surface area contributed by atoms with Crippen LogP contribution in [-0.4, -0.2) is 0 Å². The molecule has 1 unspecified atom stereocenters. The van der Waals surface area contributed by atoms with Gasteiger partial charge in [-0.15, -0.1) is 0 Å². The molecule has 0 fully saturated rings. The van der Waals surface area contributed by atoms with Crippen molar-refractivity contribution in [2.45, 2.75) is 32.2 Å². The van der Waals surface area contributed by atoms with Crippen molar-refractivity contribution in [1.29, 1.82) is 0 Å². The molecule has 0 bridgehead atoms. The van der Waals surface area contributed by atoms with Gasteiger partial charge in [0.1, 0.15) is 5.82 Å². The molecule has 2 aromatic carbocycles. The first-order chi connectivity index (χ1) is 9.63. The van der Waals surface area contributed by atoms with E-state index < -0.39 is 6.04 Å². The topological polar surface area (TPSA) is 26.0 Å². The lowest BCUT2D eigenvalue weighted by atomic mass is 9.97. The number of nitrogens with two attached hydrogens (primary N) is 1. The third-order valence-electron chi connectivity index (χ3n) is 3.47. The Kier molecular flexibility index (Phi) is 5.32. The molecular weight excluding hydrogens is 317 g/mol. The predicted molar refractivity (Wildman–Crippen MR) is 85.2 cm³/mol. The maximum atomic E-state index is 13.9. The summed E-state index contributed by atoms with van der Waals surface area (Å²) in [5.74, 6) is -0.276. The molecule has 0 saturated heterocycles. The van der Waals surface area contributed by atoms with Crippen molar-refractivity contribution in [2.24, 2.45) is 5.73 Å². The maximum Gasteiger partial charge on any atom is 0.129 e. The summed E-state index contributed by atoms with van der Waals surface area (Å²) in [4.78, 5) is 0. The Labute approximate surface area is 128 Å². The van der Waals surface area contributed by atoms with Gasteiger partial charge in [-0.3, -0.25) is 0 Å². The fourth-order valence-electron chi connectivity index (χ4n) is 2.25. The average Bonchev–Trinajstić information content (AvgIpc) is 2.45. The van der Waals surface area contributed by atoms with Crippen molar-refractivity contribution in [3.05, 3.63) is 69.4 Å². The van der Waals surface area contributed by atoms with Crippen LogP contribution in [0, 0.1) is 5.82 Å². The van der Waals surface area contributed by atoms with Crippen LogP contribution < -0.4 is 5.73 Å². The molecule has 2 N–H and O–H groups in total. The number of unbranched alkanes of at least 4 members (excludes halogenated alkanes) is 1. The van der Waals surface area contributed by atoms with Crippen molar-refractivity contribution >= 4 is 15.9 Å². The summed E-state index contributed by atoms with van der Waals surface area (Å²) in [6, 6.07) is 12.6. The summed E-state index contributed by atoms with van der Waals surface area (Å²) in [7, 11) is 0. The Morgan fingerprint density at radius 3 is 2.45 bits per heavy atom. The van der Waals surface area contributed by atoms with Gasteiger partial charge in [0.25, 0.3) is 0 Å². The van der Waals surface area contributed by atoms with Crippen LogP contribution in [0.2, 0.25) is 0 Å². The van der Waals surface area contributed by atoms with Crippen molar-refractivity contribution in [3.63, 3.8) is 0 Å². The second-order valence-electron chi connectivity index (χ2n) is 4.96. The minimum atomic E-state index is -0.453. The molecule has 2 aromatic rings. The van der Waals surface area contributed by atoms with Gasteiger partial charge >= 0.3 is 0 Å². The zero-order valence-corrected chi connectivity index (χ0v) is 13.2. The van der Waals surface area contributed by atoms with Gasteiger partial charge in [-0.05, 0) is 36.1 Å². The SMILES string of the molecule is CCCCc1ccc(C(N)c2c(F)cccc2Br)cc1. The van der Waals surface area contributed by atoms with E-state index in [2.05, 4.69) is 35.0 Å². The van der Waals surface area contributed by atoms with Gasteiger partial charge in [0.05, 0.1) is 6.04 Å². The fraction of sp³-hybridized carbons (Fsp3) is 0.294. The van der Waals surface area contributed by atoms with Gasteiger partial charge in [-0.1, -0.05) is 59.6 Å². The van der Waals surface area contributed by atoms with E-state index in [9.17, 15) is 4.39 Å². The number of hydrogen-bond donors (Lipinski definition) is 1. The fourth-order valence-corrected chi connectivity index (χ4v) is 2.84. The first-order valence-electron chi connectivity index (χ1n) is 6.91. The molecule has 0 aromatic heterocycles. The first kappa shape index (κ1) is 15.2. The highest BCUT2D eigenvalue weighted by Gasteiger charge is 2.16. The second-order valence-corrected chi connectivity index (χ2v) is 5.81. The lowest BCUT2D eigenvalue weighted by Crippen LogP contribution is -2.14. The zero-order valence-electron chi connectivity index (χ0n) is 11.6. The van der Waals surface area contributed by atoms with Crippen LogP contribution in [0.3, 0.4) is 0 Å². The molecule has 0 aliphatic rings. The van der Waals surface area contributed by atoms with Gasteiger partial charge in [0.15, 0.2) is 0 Å². The van der Waals surface area contributed by atoms with Crippen molar-refractivity contribution in [3.8, 4) is 0 Å². The first-order valence-corrected chi connectivity index (χ1v) is 7.71. The van der Waals surface area contributed by atoms with Gasteiger partial charge in [-0.25, -0.2) is 4.39 Å². The van der Waals surface area contributed by atoms with Crippen molar-refractivity contribution in [1.82, 2.24) is 0 Å². The molecule has 0 radical (unpaired) electrons. The largest absolute Gasteiger partial charge is 0.320 e. The summed E-state index contributed by atoms with van der Waals surface area (Å²) in [5.41, 5.74) is 8.93. The standard InChI is InChI=1S/C17H19BrFN/c1-2-3-5-12-8-10-13(11-9-12)17(20)16-14(18)6-4-7-15(16)19/h4,6-11,17H,2-3,5,20H2,1H3. The molecular formula is C17H19BrFN. The van der Waals surface area contributed by atoms with E-state index in [0.29, 0.717) is 10.0 Å². The van der Waals surface area contributed by atoms with Gasteiger partial charge in [-0.2, -0.15) is 0 Å². The minimum absolute atomic E-state index is 0.276. The highest BCUT2D eigenvalue weighted by atomic mass is 79.9. The highest BCUT2D eigenvalue weighted by Crippen LogP contribution is 2.29. The van der Waals surface area contributed by atoms with Crippen molar-refractivity contribution in [2.75, 3.05) is 0 Å². The molecule has 0 aliphatic carbocycles. The van der Waals surface area contributed by atoms with E-state index in [1.807, 2.05) is 18.2 Å². The van der Waals surface area contributed by atoms with E-state index in [1.165, 1.54) is 24.5 Å². The van der Waals surface area contributed by atoms with Crippen LogP contribution in [0.25, 0.3) is 0 Å². The molecule has 3 heteroatoms. The number of benzene rings is 2. The van der Waals surface area contributed by atoms with Crippen LogP contribution in [0.4, 0.5) is 4.39 Å². The minimum Gasteiger partial charge on any atom is -0.320 e. The molecule has 1 atom stereocenters. The molecule has 0 aliphatic heterocycles. The van der Waals surface area contributed by atoms with Crippen LogP contribution in [0.15, 0.2) is 46.9 Å². The molecule has 2 rings (SSSR count). The molecule has 1 nitrogen and oxygen atoms in total. The summed E-state index contributed by atoms with van der Waals surface area (Å²) in [6.07, 6.45) is 3.45. The van der Waals surface area contributed by atoms with Gasteiger partial charge in [0, 0.05) is 10.0 Å². The van der Waals surface area contributed by atoms with Gasteiger partial charge in [0.2, 0.25) is 0 Å². The Bertz CT molecular complexity index is 545. The van der Waals surface area contributed by atoms with E-state index in [-0.39, 0.29) is 5.82 Å². The smallest absolute Gasteiger partial charge is 0.129 e. The van der Waals surface area contributed by atoms with Crippen LogP contribution in [0.5, 0.6) is 0 Å². The average molecular weight is 336 g/mol. The van der Waals surface area contributed by atoms with E-state index in [4.69, 9.17) is 5.73 Å². The van der Waals surface area contributed by atoms with Crippen molar-refractivity contribution < 1.29 is 4.39 Å². The number of rotatable bonds is 5. The van der Waals surface area contributed by atoms with Crippen LogP contribution in [-0.2, 0) is 6.42 Å². The molecule has 0 saturated carbocycles. The Morgan fingerprint density at radius 2 is 1.85 bits per heavy atom. The van der Waals surface area contributed by atoms with E-state index >= 15 is 0 Å². The summed E-state index contributed by atoms with van der Waals surface area (Å²) < 4.78 is 14.6. The third kappa shape index (κ3) is 3.47. The Morgan fingerprint density at radius 1 is 1.15 bits per heavy atom. The summed E-state index contributed by atoms with van der Waals surface area (Å²) in [5, 5.41) is 0. The van der Waals surface area contributed by atoms with Crippen LogP contribution >= 0.6 is 15.9 Å². The lowest BCUT2D eigenvalue weighted by molar-refractivity contribution is 0.598. The Hall–Kier alpha value is -1.19.